The first-order valence-corrected chi connectivity index (χ1v) is 5.81. The van der Waals surface area contributed by atoms with E-state index in [4.69, 9.17) is 0 Å². The van der Waals surface area contributed by atoms with Crippen molar-refractivity contribution in [3.05, 3.63) is 36.7 Å². The lowest BCUT2D eigenvalue weighted by molar-refractivity contribution is 0.812. The molecular weight excluding hydrogens is 242 g/mol. The zero-order chi connectivity index (χ0) is 13.2. The summed E-state index contributed by atoms with van der Waals surface area (Å²) in [5.74, 6) is 0.425. The summed E-state index contributed by atoms with van der Waals surface area (Å²) in [5.41, 5.74) is 3.26. The van der Waals surface area contributed by atoms with Crippen LogP contribution in [0.4, 0.5) is 5.69 Å². The van der Waals surface area contributed by atoms with Crippen molar-refractivity contribution >= 4 is 5.69 Å². The van der Waals surface area contributed by atoms with Crippen molar-refractivity contribution in [1.82, 2.24) is 30.4 Å². The van der Waals surface area contributed by atoms with Gasteiger partial charge < -0.3 is 4.90 Å². The second-order valence-electron chi connectivity index (χ2n) is 4.30. The number of hydrogen-bond donors (Lipinski definition) is 1. The van der Waals surface area contributed by atoms with E-state index in [-0.39, 0.29) is 0 Å². The number of nitrogens with zero attached hydrogens (tertiary/aromatic N) is 6. The highest BCUT2D eigenvalue weighted by Gasteiger charge is 2.10. The van der Waals surface area contributed by atoms with Crippen molar-refractivity contribution in [3.63, 3.8) is 0 Å². The van der Waals surface area contributed by atoms with Crippen molar-refractivity contribution in [2.45, 2.75) is 0 Å². The van der Waals surface area contributed by atoms with Crippen molar-refractivity contribution in [2.75, 3.05) is 19.0 Å². The van der Waals surface area contributed by atoms with Gasteiger partial charge in [-0.15, -0.1) is 5.10 Å². The Bertz CT molecular complexity index is 669. The van der Waals surface area contributed by atoms with Gasteiger partial charge in [-0.3, -0.25) is 0 Å². The molecule has 1 N–H and O–H groups in total. The summed E-state index contributed by atoms with van der Waals surface area (Å²) in [5, 5.41) is 18.0. The number of benzene rings is 1. The zero-order valence-corrected chi connectivity index (χ0v) is 10.6. The highest BCUT2D eigenvalue weighted by Crippen LogP contribution is 2.29. The average Bonchev–Trinajstić information content (AvgIpc) is 3.09. The number of hydrogen-bond acceptors (Lipinski definition) is 5. The number of nitrogens with one attached hydrogen (secondary N) is 1. The van der Waals surface area contributed by atoms with Gasteiger partial charge >= 0.3 is 0 Å². The minimum Gasteiger partial charge on any atom is -0.377 e. The fourth-order valence-corrected chi connectivity index (χ4v) is 1.93. The Morgan fingerprint density at radius 1 is 1.21 bits per heavy atom. The van der Waals surface area contributed by atoms with Gasteiger partial charge in [-0.1, -0.05) is 23.3 Å². The van der Waals surface area contributed by atoms with Crippen molar-refractivity contribution in [2.24, 2.45) is 0 Å². The summed E-state index contributed by atoms with van der Waals surface area (Å²) in [6, 6.07) is 8.16. The molecule has 7 heteroatoms. The smallest absolute Gasteiger partial charge is 0.290 e. The maximum atomic E-state index is 4.25. The Labute approximate surface area is 109 Å². The minimum atomic E-state index is 0.425. The van der Waals surface area contributed by atoms with E-state index in [2.05, 4.69) is 42.8 Å². The Morgan fingerprint density at radius 3 is 2.79 bits per heavy atom. The van der Waals surface area contributed by atoms with Gasteiger partial charge in [0.15, 0.2) is 0 Å². The first kappa shape index (κ1) is 11.4. The van der Waals surface area contributed by atoms with Crippen LogP contribution in [0.15, 0.2) is 36.7 Å². The minimum absolute atomic E-state index is 0.425. The lowest BCUT2D eigenvalue weighted by Crippen LogP contribution is -2.09. The second kappa shape index (κ2) is 4.52. The number of H-pyrrole nitrogens is 1. The molecular formula is C12H13N7. The van der Waals surface area contributed by atoms with E-state index in [0.717, 1.165) is 16.8 Å². The quantitative estimate of drug-likeness (QED) is 0.759. The predicted molar refractivity (Wildman–Crippen MR) is 71.1 cm³/mol. The van der Waals surface area contributed by atoms with Crippen molar-refractivity contribution in [3.8, 4) is 17.1 Å². The van der Waals surface area contributed by atoms with E-state index in [9.17, 15) is 0 Å². The van der Waals surface area contributed by atoms with Gasteiger partial charge in [0.1, 0.15) is 0 Å². The molecule has 0 fully saturated rings. The standard InChI is InChI=1S/C12H13N7/c1-18(2)11-6-4-3-5-10(11)9-7-13-19(8-9)12-14-16-17-15-12/h3-8H,1-2H3,(H,14,15,16,17). The van der Waals surface area contributed by atoms with Crippen LogP contribution < -0.4 is 4.90 Å². The Hall–Kier alpha value is -2.70. The molecule has 0 aliphatic heterocycles. The van der Waals surface area contributed by atoms with E-state index in [1.165, 1.54) is 0 Å². The molecule has 96 valence electrons. The van der Waals surface area contributed by atoms with E-state index < -0.39 is 0 Å². The molecule has 0 radical (unpaired) electrons. The molecule has 1 aromatic carbocycles. The molecule has 0 spiro atoms. The number of rotatable bonds is 3. The third-order valence-electron chi connectivity index (χ3n) is 2.82. The van der Waals surface area contributed by atoms with E-state index in [1.54, 1.807) is 10.9 Å². The molecule has 0 amide bonds. The second-order valence-corrected chi connectivity index (χ2v) is 4.30. The van der Waals surface area contributed by atoms with Crippen LogP contribution in [0.1, 0.15) is 0 Å². The predicted octanol–water partition coefficient (Wildman–Crippen LogP) is 1.12. The maximum absolute atomic E-state index is 4.25. The van der Waals surface area contributed by atoms with Gasteiger partial charge in [0.25, 0.3) is 5.95 Å². The summed E-state index contributed by atoms with van der Waals surface area (Å²) in [4.78, 5) is 2.07. The summed E-state index contributed by atoms with van der Waals surface area (Å²) >= 11 is 0. The topological polar surface area (TPSA) is 75.5 Å². The van der Waals surface area contributed by atoms with E-state index in [0.29, 0.717) is 5.95 Å². The SMILES string of the molecule is CN(C)c1ccccc1-c1cnn(-c2nn[nH]n2)c1. The number of anilines is 1. The van der Waals surface area contributed by atoms with Gasteiger partial charge in [-0.25, -0.2) is 4.68 Å². The Kier molecular flexibility index (Phi) is 2.71. The van der Waals surface area contributed by atoms with Gasteiger partial charge in [-0.05, 0) is 11.3 Å². The Morgan fingerprint density at radius 2 is 2.05 bits per heavy atom. The molecule has 0 bridgehead atoms. The largest absolute Gasteiger partial charge is 0.377 e. The summed E-state index contributed by atoms with van der Waals surface area (Å²) in [7, 11) is 4.03. The number of aromatic nitrogens is 6. The molecule has 0 saturated carbocycles. The fourth-order valence-electron chi connectivity index (χ4n) is 1.93. The zero-order valence-electron chi connectivity index (χ0n) is 10.6. The molecule has 2 heterocycles. The van der Waals surface area contributed by atoms with Crippen LogP contribution in [0, 0.1) is 0 Å². The highest BCUT2D eigenvalue weighted by atomic mass is 15.5. The number of para-hydroxylation sites is 1. The molecule has 0 unspecified atom stereocenters. The molecule has 7 nitrogen and oxygen atoms in total. The van der Waals surface area contributed by atoms with E-state index >= 15 is 0 Å². The normalized spacial score (nSPS) is 10.6. The lowest BCUT2D eigenvalue weighted by Gasteiger charge is -2.16. The third-order valence-corrected chi connectivity index (χ3v) is 2.82. The molecule has 0 atom stereocenters. The van der Waals surface area contributed by atoms with Crippen LogP contribution >= 0.6 is 0 Å². The molecule has 0 saturated heterocycles. The summed E-state index contributed by atoms with van der Waals surface area (Å²) < 4.78 is 1.59. The molecule has 3 rings (SSSR count). The van der Waals surface area contributed by atoms with Gasteiger partial charge in [0.05, 0.1) is 6.20 Å². The van der Waals surface area contributed by atoms with Crippen LogP contribution in [-0.4, -0.2) is 44.5 Å². The van der Waals surface area contributed by atoms with Crippen LogP contribution in [-0.2, 0) is 0 Å². The van der Waals surface area contributed by atoms with E-state index in [1.807, 2.05) is 32.4 Å². The molecule has 3 aromatic rings. The van der Waals surface area contributed by atoms with Crippen LogP contribution in [0.3, 0.4) is 0 Å². The summed E-state index contributed by atoms with van der Waals surface area (Å²) in [6.45, 7) is 0. The maximum Gasteiger partial charge on any atom is 0.290 e. The molecule has 19 heavy (non-hydrogen) atoms. The van der Waals surface area contributed by atoms with Gasteiger partial charge in [-0.2, -0.15) is 10.3 Å². The number of tetrazole rings is 1. The highest BCUT2D eigenvalue weighted by molar-refractivity contribution is 5.77. The van der Waals surface area contributed by atoms with Gasteiger partial charge in [0, 0.05) is 37.1 Å². The van der Waals surface area contributed by atoms with Crippen LogP contribution in [0.2, 0.25) is 0 Å². The first-order chi connectivity index (χ1) is 9.25. The monoisotopic (exact) mass is 255 g/mol. The molecule has 0 aliphatic carbocycles. The molecule has 0 aliphatic rings. The van der Waals surface area contributed by atoms with Crippen molar-refractivity contribution < 1.29 is 0 Å². The van der Waals surface area contributed by atoms with Gasteiger partial charge in [0.2, 0.25) is 0 Å². The van der Waals surface area contributed by atoms with Crippen LogP contribution in [0.25, 0.3) is 17.1 Å². The van der Waals surface area contributed by atoms with Crippen LogP contribution in [0.5, 0.6) is 0 Å². The van der Waals surface area contributed by atoms with Crippen molar-refractivity contribution in [1.29, 1.82) is 0 Å². The third kappa shape index (κ3) is 2.05. The molecule has 2 aromatic heterocycles. The lowest BCUT2D eigenvalue weighted by atomic mass is 10.1. The Balaban J connectivity index is 2.04. The average molecular weight is 255 g/mol. The fraction of sp³-hybridized carbons (Fsp3) is 0.167. The number of aromatic amines is 1. The first-order valence-electron chi connectivity index (χ1n) is 5.81. The summed E-state index contributed by atoms with van der Waals surface area (Å²) in [6.07, 6.45) is 3.67.